The van der Waals surface area contributed by atoms with Crippen LogP contribution < -0.4 is 0 Å². The average Bonchev–Trinajstić information content (AvgIpc) is 2.31. The van der Waals surface area contributed by atoms with Crippen molar-refractivity contribution in [3.8, 4) is 22.3 Å². The van der Waals surface area contributed by atoms with E-state index in [1.165, 1.54) is 37.9 Å². The first-order chi connectivity index (χ1) is 9.59. The molecule has 0 atom stereocenters. The van der Waals surface area contributed by atoms with Crippen molar-refractivity contribution in [3.63, 3.8) is 0 Å². The van der Waals surface area contributed by atoms with E-state index in [1.54, 1.807) is 0 Å². The largest absolute Gasteiger partial charge is 0.0561 e. The highest BCUT2D eigenvalue weighted by atomic mass is 79.9. The van der Waals surface area contributed by atoms with Crippen LogP contribution in [0.5, 0.6) is 0 Å². The van der Waals surface area contributed by atoms with Gasteiger partial charge in [-0.2, -0.15) is 0 Å². The summed E-state index contributed by atoms with van der Waals surface area (Å²) in [5.74, 6) is 0. The lowest BCUT2D eigenvalue weighted by atomic mass is 9.71. The Hall–Kier alpha value is -1.08. The predicted molar refractivity (Wildman–Crippen MR) is 96.0 cm³/mol. The molecule has 21 heavy (non-hydrogen) atoms. The summed E-state index contributed by atoms with van der Waals surface area (Å²) in [5.41, 5.74) is 8.57. The molecule has 0 saturated heterocycles. The highest BCUT2D eigenvalue weighted by Gasteiger charge is 2.29. The van der Waals surface area contributed by atoms with Gasteiger partial charge in [0.05, 0.1) is 0 Å². The lowest BCUT2D eigenvalue weighted by Crippen LogP contribution is -2.20. The Labute approximate surface area is 136 Å². The van der Waals surface area contributed by atoms with Gasteiger partial charge in [0.15, 0.2) is 0 Å². The third-order valence-corrected chi connectivity index (χ3v) is 4.98. The molecule has 110 valence electrons. The zero-order valence-corrected chi connectivity index (χ0v) is 15.4. The summed E-state index contributed by atoms with van der Waals surface area (Å²) in [6.45, 7) is 13.9. The fourth-order valence-electron chi connectivity index (χ4n) is 3.20. The molecule has 4 bridgehead atoms. The molecular formula is C20H23Br. The van der Waals surface area contributed by atoms with Crippen molar-refractivity contribution in [2.75, 3.05) is 0 Å². The van der Waals surface area contributed by atoms with Gasteiger partial charge in [0, 0.05) is 4.47 Å². The van der Waals surface area contributed by atoms with Gasteiger partial charge in [-0.3, -0.25) is 0 Å². The molecule has 0 aromatic heterocycles. The first kappa shape index (κ1) is 14.8. The van der Waals surface area contributed by atoms with Gasteiger partial charge >= 0.3 is 0 Å². The SMILES string of the molecule is CC(C)(C)c1cc2cc(C(C)(C)C)c1-c1ccc-2c(Br)c1. The maximum Gasteiger partial charge on any atom is 0.0259 e. The third-order valence-electron chi connectivity index (χ3n) is 4.32. The van der Waals surface area contributed by atoms with Crippen LogP contribution in [0.1, 0.15) is 52.7 Å². The number of benzene rings is 2. The van der Waals surface area contributed by atoms with Crippen LogP contribution in [0.2, 0.25) is 0 Å². The quantitative estimate of drug-likeness (QED) is 0.426. The van der Waals surface area contributed by atoms with E-state index in [1.807, 2.05) is 0 Å². The average molecular weight is 343 g/mol. The Morgan fingerprint density at radius 3 is 1.67 bits per heavy atom. The van der Waals surface area contributed by atoms with E-state index in [0.717, 1.165) is 0 Å². The van der Waals surface area contributed by atoms with E-state index in [9.17, 15) is 0 Å². The Balaban J connectivity index is 2.48. The van der Waals surface area contributed by atoms with Gasteiger partial charge in [-0.15, -0.1) is 0 Å². The molecule has 0 N–H and O–H groups in total. The van der Waals surface area contributed by atoms with E-state index in [2.05, 4.69) is 87.8 Å². The molecule has 0 fully saturated rings. The summed E-state index contributed by atoms with van der Waals surface area (Å²) >= 11 is 3.73. The molecule has 4 aliphatic rings. The standard InChI is InChI=1S/C20H23Br/c1-19(2,3)15-9-13-10-16(20(4,5)6)18(15)12-7-8-14(13)17(21)11-12/h7-11H,1-6H3. The number of rotatable bonds is 0. The molecule has 0 aliphatic heterocycles. The molecule has 0 nitrogen and oxygen atoms in total. The lowest BCUT2D eigenvalue weighted by molar-refractivity contribution is 0.572. The highest BCUT2D eigenvalue weighted by Crippen LogP contribution is 2.47. The van der Waals surface area contributed by atoms with Gasteiger partial charge in [-0.1, -0.05) is 69.6 Å². The fourth-order valence-corrected chi connectivity index (χ4v) is 3.80. The molecular weight excluding hydrogens is 320 g/mol. The molecule has 6 rings (SSSR count). The summed E-state index contributed by atoms with van der Waals surface area (Å²) in [4.78, 5) is 0. The molecule has 0 radical (unpaired) electrons. The molecule has 0 heterocycles. The van der Waals surface area contributed by atoms with Crippen molar-refractivity contribution in [1.82, 2.24) is 0 Å². The molecule has 4 aliphatic carbocycles. The zero-order valence-electron chi connectivity index (χ0n) is 13.8. The lowest BCUT2D eigenvalue weighted by Gasteiger charge is -2.33. The van der Waals surface area contributed by atoms with E-state index in [0.29, 0.717) is 0 Å². The second-order valence-electron chi connectivity index (χ2n) is 8.14. The monoisotopic (exact) mass is 342 g/mol. The topological polar surface area (TPSA) is 0 Å². The van der Waals surface area contributed by atoms with Crippen LogP contribution in [-0.4, -0.2) is 0 Å². The summed E-state index contributed by atoms with van der Waals surface area (Å²) in [5, 5.41) is 0. The van der Waals surface area contributed by atoms with Gasteiger partial charge in [0.1, 0.15) is 0 Å². The molecule has 1 heteroatoms. The Morgan fingerprint density at radius 2 is 1.24 bits per heavy atom. The van der Waals surface area contributed by atoms with Crippen LogP contribution in [0.4, 0.5) is 0 Å². The van der Waals surface area contributed by atoms with E-state index in [4.69, 9.17) is 0 Å². The van der Waals surface area contributed by atoms with Gasteiger partial charge < -0.3 is 0 Å². The zero-order chi connectivity index (χ0) is 15.6. The minimum atomic E-state index is 0.143. The van der Waals surface area contributed by atoms with E-state index < -0.39 is 0 Å². The second-order valence-corrected chi connectivity index (χ2v) is 9.00. The molecule has 0 amide bonds. The highest BCUT2D eigenvalue weighted by molar-refractivity contribution is 9.10. The summed E-state index contributed by atoms with van der Waals surface area (Å²) in [6.07, 6.45) is 0. The van der Waals surface area contributed by atoms with Crippen LogP contribution in [0.15, 0.2) is 34.8 Å². The van der Waals surface area contributed by atoms with Crippen molar-refractivity contribution in [1.29, 1.82) is 0 Å². The molecule has 0 saturated carbocycles. The van der Waals surface area contributed by atoms with Crippen LogP contribution in [0.25, 0.3) is 22.3 Å². The Morgan fingerprint density at radius 1 is 0.714 bits per heavy atom. The smallest absolute Gasteiger partial charge is 0.0259 e. The van der Waals surface area contributed by atoms with Crippen LogP contribution in [0.3, 0.4) is 0 Å². The number of hydrogen-bond donors (Lipinski definition) is 0. The molecule has 0 unspecified atom stereocenters. The number of hydrogen-bond acceptors (Lipinski definition) is 0. The maximum absolute atomic E-state index is 3.73. The fraction of sp³-hybridized carbons (Fsp3) is 0.400. The minimum absolute atomic E-state index is 0.143. The summed E-state index contributed by atoms with van der Waals surface area (Å²) in [6, 6.07) is 11.6. The normalized spacial score (nSPS) is 13.5. The van der Waals surface area contributed by atoms with Gasteiger partial charge in [0.25, 0.3) is 0 Å². The second kappa shape index (κ2) is 4.46. The van der Waals surface area contributed by atoms with Gasteiger partial charge in [-0.25, -0.2) is 0 Å². The van der Waals surface area contributed by atoms with Crippen LogP contribution >= 0.6 is 15.9 Å². The minimum Gasteiger partial charge on any atom is -0.0561 e. The van der Waals surface area contributed by atoms with Gasteiger partial charge in [0.2, 0.25) is 0 Å². The van der Waals surface area contributed by atoms with E-state index in [-0.39, 0.29) is 10.8 Å². The van der Waals surface area contributed by atoms with Crippen LogP contribution in [-0.2, 0) is 10.8 Å². The summed E-state index contributed by atoms with van der Waals surface area (Å²) in [7, 11) is 0. The summed E-state index contributed by atoms with van der Waals surface area (Å²) < 4.78 is 1.20. The van der Waals surface area contributed by atoms with Crippen LogP contribution in [0, 0.1) is 0 Å². The van der Waals surface area contributed by atoms with Crippen molar-refractivity contribution < 1.29 is 0 Å². The first-order valence-corrected chi connectivity index (χ1v) is 8.37. The van der Waals surface area contributed by atoms with Crippen molar-refractivity contribution in [3.05, 3.63) is 45.9 Å². The molecule has 0 spiro atoms. The van der Waals surface area contributed by atoms with Crippen molar-refractivity contribution >= 4 is 15.9 Å². The predicted octanol–water partition coefficient (Wildman–Crippen LogP) is 6.69. The molecule has 2 aromatic rings. The Kier molecular flexibility index (Phi) is 3.15. The first-order valence-electron chi connectivity index (χ1n) is 7.58. The Bertz CT molecular complexity index is 689. The van der Waals surface area contributed by atoms with Gasteiger partial charge in [-0.05, 0) is 62.4 Å². The molecule has 2 aromatic carbocycles. The number of halogens is 1. The maximum atomic E-state index is 3.73. The van der Waals surface area contributed by atoms with Crippen molar-refractivity contribution in [2.45, 2.75) is 52.4 Å². The third kappa shape index (κ3) is 2.36. The van der Waals surface area contributed by atoms with E-state index >= 15 is 0 Å². The van der Waals surface area contributed by atoms with Crippen molar-refractivity contribution in [2.24, 2.45) is 0 Å².